The first-order chi connectivity index (χ1) is 9.85. The van der Waals surface area contributed by atoms with Crippen LogP contribution in [0.3, 0.4) is 0 Å². The second kappa shape index (κ2) is 4.46. The first-order valence-electron chi connectivity index (χ1n) is 5.79. The van der Waals surface area contributed by atoms with Gasteiger partial charge < -0.3 is 4.42 Å². The van der Waals surface area contributed by atoms with Crippen molar-refractivity contribution in [3.63, 3.8) is 0 Å². The molecule has 5 nitrogen and oxygen atoms in total. The summed E-state index contributed by atoms with van der Waals surface area (Å²) in [6.45, 7) is 0. The van der Waals surface area contributed by atoms with E-state index in [2.05, 4.69) is 9.97 Å². The van der Waals surface area contributed by atoms with Gasteiger partial charge >= 0.3 is 0 Å². The second-order valence-electron chi connectivity index (χ2n) is 4.03. The summed E-state index contributed by atoms with van der Waals surface area (Å²) < 4.78 is 7.40. The minimum absolute atomic E-state index is 0.486. The van der Waals surface area contributed by atoms with Crippen LogP contribution < -0.4 is 0 Å². The number of aromatic nitrogens is 3. The van der Waals surface area contributed by atoms with E-state index in [-0.39, 0.29) is 0 Å². The van der Waals surface area contributed by atoms with Crippen LogP contribution in [0.1, 0.15) is 10.5 Å². The Morgan fingerprint density at radius 2 is 2.20 bits per heavy atom. The Morgan fingerprint density at radius 1 is 1.30 bits per heavy atom. The van der Waals surface area contributed by atoms with Gasteiger partial charge in [-0.1, -0.05) is 12.1 Å². The number of carbonyl (C=O) groups is 1. The van der Waals surface area contributed by atoms with Gasteiger partial charge in [0.05, 0.1) is 0 Å². The van der Waals surface area contributed by atoms with E-state index in [1.54, 1.807) is 4.40 Å². The Hall–Kier alpha value is -2.12. The third-order valence-corrected chi connectivity index (χ3v) is 4.43. The molecule has 0 aliphatic rings. The number of para-hydroxylation sites is 2. The van der Waals surface area contributed by atoms with Crippen molar-refractivity contribution in [3.8, 4) is 0 Å². The Bertz CT molecular complexity index is 889. The molecule has 0 unspecified atom stereocenters. The van der Waals surface area contributed by atoms with E-state index in [0.29, 0.717) is 15.9 Å². The van der Waals surface area contributed by atoms with Gasteiger partial charge in [0.2, 0.25) is 0 Å². The molecule has 3 heterocycles. The zero-order valence-corrected chi connectivity index (χ0v) is 11.6. The van der Waals surface area contributed by atoms with Crippen LogP contribution in [0.25, 0.3) is 16.1 Å². The number of aldehydes is 1. The van der Waals surface area contributed by atoms with Crippen molar-refractivity contribution in [2.75, 3.05) is 0 Å². The zero-order valence-electron chi connectivity index (χ0n) is 10.0. The van der Waals surface area contributed by atoms with Crippen molar-refractivity contribution in [2.45, 2.75) is 10.2 Å². The molecule has 7 heteroatoms. The molecule has 3 aromatic heterocycles. The Balaban J connectivity index is 1.79. The topological polar surface area (TPSA) is 60.4 Å². The predicted octanol–water partition coefficient (Wildman–Crippen LogP) is 3.50. The quantitative estimate of drug-likeness (QED) is 0.542. The van der Waals surface area contributed by atoms with E-state index in [0.717, 1.165) is 22.3 Å². The minimum Gasteiger partial charge on any atom is -0.431 e. The molecule has 0 aliphatic heterocycles. The predicted molar refractivity (Wildman–Crippen MR) is 76.6 cm³/mol. The number of nitrogens with zero attached hydrogens (tertiary/aromatic N) is 3. The second-order valence-corrected chi connectivity index (χ2v) is 5.84. The van der Waals surface area contributed by atoms with Gasteiger partial charge in [-0.15, -0.1) is 11.3 Å². The lowest BCUT2D eigenvalue weighted by Crippen LogP contribution is -1.88. The van der Waals surface area contributed by atoms with Crippen molar-refractivity contribution in [1.29, 1.82) is 0 Å². The summed E-state index contributed by atoms with van der Waals surface area (Å²) in [4.78, 5) is 20.8. The number of carbonyl (C=O) groups excluding carboxylic acids is 1. The van der Waals surface area contributed by atoms with Gasteiger partial charge in [-0.2, -0.15) is 0 Å². The van der Waals surface area contributed by atoms with Crippen LogP contribution in [0, 0.1) is 0 Å². The summed E-state index contributed by atoms with van der Waals surface area (Å²) in [6, 6.07) is 7.54. The van der Waals surface area contributed by atoms with E-state index < -0.39 is 0 Å². The van der Waals surface area contributed by atoms with E-state index in [4.69, 9.17) is 4.42 Å². The summed E-state index contributed by atoms with van der Waals surface area (Å²) in [7, 11) is 0. The number of oxazole rings is 1. The molecular weight excluding hydrogens is 294 g/mol. The third kappa shape index (κ3) is 1.75. The van der Waals surface area contributed by atoms with E-state index >= 15 is 0 Å². The maximum Gasteiger partial charge on any atom is 0.263 e. The van der Waals surface area contributed by atoms with Gasteiger partial charge in [-0.05, 0) is 23.9 Å². The summed E-state index contributed by atoms with van der Waals surface area (Å²) in [5.41, 5.74) is 2.04. The molecule has 4 aromatic rings. The first-order valence-corrected chi connectivity index (χ1v) is 7.49. The summed E-state index contributed by atoms with van der Waals surface area (Å²) in [6.07, 6.45) is 2.63. The number of rotatable bonds is 3. The third-order valence-electron chi connectivity index (χ3n) is 2.84. The first kappa shape index (κ1) is 11.7. The van der Waals surface area contributed by atoms with Crippen molar-refractivity contribution >= 4 is 45.4 Å². The molecule has 0 N–H and O–H groups in total. The molecule has 0 atom stereocenters. The zero-order chi connectivity index (χ0) is 13.5. The SMILES string of the molecule is O=Cc1c(Sc2nc3ccccc3o2)nc2sccn12. The van der Waals surface area contributed by atoms with Gasteiger partial charge in [0.25, 0.3) is 5.22 Å². The molecule has 20 heavy (non-hydrogen) atoms. The van der Waals surface area contributed by atoms with Crippen LogP contribution >= 0.6 is 23.1 Å². The average Bonchev–Trinajstić information content (AvgIpc) is 3.11. The van der Waals surface area contributed by atoms with Crippen LogP contribution in [0.15, 0.2) is 50.5 Å². The number of hydrogen-bond donors (Lipinski definition) is 0. The number of fused-ring (bicyclic) bond motifs is 2. The van der Waals surface area contributed by atoms with Gasteiger partial charge in [0, 0.05) is 11.6 Å². The van der Waals surface area contributed by atoms with Crippen molar-refractivity contribution in [1.82, 2.24) is 14.4 Å². The van der Waals surface area contributed by atoms with Crippen molar-refractivity contribution < 1.29 is 9.21 Å². The smallest absolute Gasteiger partial charge is 0.263 e. The Labute approximate surface area is 121 Å². The maximum atomic E-state index is 11.2. The summed E-state index contributed by atoms with van der Waals surface area (Å²) in [5.74, 6) is 0. The fraction of sp³-hybridized carbons (Fsp3) is 0. The lowest BCUT2D eigenvalue weighted by Gasteiger charge is -1.92. The van der Waals surface area contributed by atoms with E-state index in [1.165, 1.54) is 23.1 Å². The molecule has 4 rings (SSSR count). The highest BCUT2D eigenvalue weighted by Gasteiger charge is 2.16. The maximum absolute atomic E-state index is 11.2. The van der Waals surface area contributed by atoms with Gasteiger partial charge in [0.15, 0.2) is 16.8 Å². The highest BCUT2D eigenvalue weighted by atomic mass is 32.2. The molecule has 98 valence electrons. The normalized spacial score (nSPS) is 11.4. The summed E-state index contributed by atoms with van der Waals surface area (Å²) in [5, 5.41) is 2.99. The Morgan fingerprint density at radius 3 is 3.05 bits per heavy atom. The van der Waals surface area contributed by atoms with Crippen molar-refractivity contribution in [2.24, 2.45) is 0 Å². The molecule has 0 amide bonds. The molecule has 0 radical (unpaired) electrons. The van der Waals surface area contributed by atoms with Crippen LogP contribution in [0.5, 0.6) is 0 Å². The van der Waals surface area contributed by atoms with Gasteiger partial charge in [-0.25, -0.2) is 9.97 Å². The molecule has 1 aromatic carbocycles. The monoisotopic (exact) mass is 301 g/mol. The van der Waals surface area contributed by atoms with E-state index in [1.807, 2.05) is 35.8 Å². The van der Waals surface area contributed by atoms with Crippen LogP contribution in [-0.4, -0.2) is 20.7 Å². The number of imidazole rings is 1. The molecule has 0 spiro atoms. The fourth-order valence-electron chi connectivity index (χ4n) is 1.94. The van der Waals surface area contributed by atoms with Gasteiger partial charge in [0.1, 0.15) is 16.2 Å². The number of hydrogen-bond acceptors (Lipinski definition) is 6. The molecule has 0 bridgehead atoms. The molecule has 0 fully saturated rings. The minimum atomic E-state index is 0.486. The van der Waals surface area contributed by atoms with Crippen LogP contribution in [0.4, 0.5) is 0 Å². The lowest BCUT2D eigenvalue weighted by molar-refractivity contribution is 0.111. The highest BCUT2D eigenvalue weighted by molar-refractivity contribution is 7.99. The molecule has 0 aliphatic carbocycles. The highest BCUT2D eigenvalue weighted by Crippen LogP contribution is 2.32. The van der Waals surface area contributed by atoms with E-state index in [9.17, 15) is 4.79 Å². The number of thiazole rings is 1. The lowest BCUT2D eigenvalue weighted by atomic mass is 10.3. The average molecular weight is 301 g/mol. The van der Waals surface area contributed by atoms with Crippen LogP contribution in [0.2, 0.25) is 0 Å². The van der Waals surface area contributed by atoms with Crippen LogP contribution in [-0.2, 0) is 0 Å². The Kier molecular flexibility index (Phi) is 2.61. The fourth-order valence-corrected chi connectivity index (χ4v) is 3.55. The number of benzene rings is 1. The standard InChI is InChI=1S/C13H7N3O2S2/c17-7-9-11(15-12-16(9)5-6-19-12)20-13-14-8-3-1-2-4-10(8)18-13/h1-7H. The molecule has 0 saturated carbocycles. The molecule has 0 saturated heterocycles. The van der Waals surface area contributed by atoms with Gasteiger partial charge in [-0.3, -0.25) is 9.20 Å². The largest absolute Gasteiger partial charge is 0.431 e. The van der Waals surface area contributed by atoms with Crippen molar-refractivity contribution in [3.05, 3.63) is 41.5 Å². The molecular formula is C13H7N3O2S2. The summed E-state index contributed by atoms with van der Waals surface area (Å²) >= 11 is 2.74.